The molecule has 0 saturated carbocycles. The summed E-state index contributed by atoms with van der Waals surface area (Å²) in [6, 6.07) is 9.19. The maximum atomic E-state index is 5.99. The summed E-state index contributed by atoms with van der Waals surface area (Å²) in [5.41, 5.74) is 1.29. The Balaban J connectivity index is 2.09. The molecule has 1 fully saturated rings. The minimum Gasteiger partial charge on any atom is -0.317 e. The van der Waals surface area contributed by atoms with E-state index in [9.17, 15) is 0 Å². The van der Waals surface area contributed by atoms with Crippen LogP contribution in [-0.2, 0) is 0 Å². The van der Waals surface area contributed by atoms with E-state index < -0.39 is 0 Å². The monoisotopic (exact) mass is 224 g/mol. The third kappa shape index (κ3) is 2.71. The Morgan fingerprint density at radius 3 is 3.07 bits per heavy atom. The standard InChI is InChI=1S/C12H17ClN2/c1-14-11-5-6-15-12(8-11)9-3-2-4-10(13)7-9/h2-4,7,11-12,14-15H,5-6,8H2,1H3. The number of halogens is 1. The maximum Gasteiger partial charge on any atom is 0.0409 e. The van der Waals surface area contributed by atoms with Crippen molar-refractivity contribution in [2.75, 3.05) is 13.6 Å². The Morgan fingerprint density at radius 1 is 1.47 bits per heavy atom. The lowest BCUT2D eigenvalue weighted by Gasteiger charge is -2.30. The Bertz CT molecular complexity index is 327. The molecule has 2 nitrogen and oxygen atoms in total. The summed E-state index contributed by atoms with van der Waals surface area (Å²) < 4.78 is 0. The van der Waals surface area contributed by atoms with Gasteiger partial charge in [0.15, 0.2) is 0 Å². The summed E-state index contributed by atoms with van der Waals surface area (Å²) in [6.07, 6.45) is 2.34. The lowest BCUT2D eigenvalue weighted by Crippen LogP contribution is -2.40. The summed E-state index contributed by atoms with van der Waals surface area (Å²) in [5.74, 6) is 0. The third-order valence-corrected chi connectivity index (χ3v) is 3.30. The highest BCUT2D eigenvalue weighted by atomic mass is 35.5. The van der Waals surface area contributed by atoms with E-state index >= 15 is 0 Å². The van der Waals surface area contributed by atoms with E-state index in [1.807, 2.05) is 19.2 Å². The minimum atomic E-state index is 0.440. The van der Waals surface area contributed by atoms with Gasteiger partial charge in [-0.15, -0.1) is 0 Å². The first-order chi connectivity index (χ1) is 7.29. The van der Waals surface area contributed by atoms with E-state index in [0.29, 0.717) is 12.1 Å². The van der Waals surface area contributed by atoms with E-state index in [0.717, 1.165) is 18.0 Å². The molecule has 15 heavy (non-hydrogen) atoms. The number of hydrogen-bond donors (Lipinski definition) is 2. The number of benzene rings is 1. The highest BCUT2D eigenvalue weighted by Crippen LogP contribution is 2.24. The third-order valence-electron chi connectivity index (χ3n) is 3.06. The zero-order valence-corrected chi connectivity index (χ0v) is 9.72. The maximum absolute atomic E-state index is 5.99. The van der Waals surface area contributed by atoms with Crippen LogP contribution in [0.1, 0.15) is 24.4 Å². The normalized spacial score (nSPS) is 26.5. The quantitative estimate of drug-likeness (QED) is 0.806. The molecule has 2 N–H and O–H groups in total. The van der Waals surface area contributed by atoms with Gasteiger partial charge in [-0.3, -0.25) is 0 Å². The first-order valence-corrected chi connectivity index (χ1v) is 5.83. The zero-order valence-electron chi connectivity index (χ0n) is 8.96. The van der Waals surface area contributed by atoms with Crippen molar-refractivity contribution in [2.45, 2.75) is 24.9 Å². The van der Waals surface area contributed by atoms with E-state index in [4.69, 9.17) is 11.6 Å². The van der Waals surface area contributed by atoms with E-state index in [2.05, 4.69) is 22.8 Å². The Hall–Kier alpha value is -0.570. The molecule has 0 aliphatic carbocycles. The van der Waals surface area contributed by atoms with E-state index in [1.54, 1.807) is 0 Å². The van der Waals surface area contributed by atoms with Crippen LogP contribution in [0.3, 0.4) is 0 Å². The Kier molecular flexibility index (Phi) is 3.62. The van der Waals surface area contributed by atoms with Crippen LogP contribution in [0.2, 0.25) is 5.02 Å². The fourth-order valence-electron chi connectivity index (χ4n) is 2.16. The lowest BCUT2D eigenvalue weighted by atomic mass is 9.94. The second-order valence-corrected chi connectivity index (χ2v) is 4.51. The largest absolute Gasteiger partial charge is 0.317 e. The molecule has 0 spiro atoms. The number of nitrogens with one attached hydrogen (secondary N) is 2. The van der Waals surface area contributed by atoms with Crippen molar-refractivity contribution in [2.24, 2.45) is 0 Å². The van der Waals surface area contributed by atoms with Crippen molar-refractivity contribution < 1.29 is 0 Å². The molecule has 1 aromatic rings. The van der Waals surface area contributed by atoms with Crippen LogP contribution in [-0.4, -0.2) is 19.6 Å². The van der Waals surface area contributed by atoms with Gasteiger partial charge in [0.2, 0.25) is 0 Å². The van der Waals surface area contributed by atoms with Crippen molar-refractivity contribution >= 4 is 11.6 Å². The topological polar surface area (TPSA) is 24.1 Å². The number of rotatable bonds is 2. The van der Waals surface area contributed by atoms with Gasteiger partial charge in [0.05, 0.1) is 0 Å². The van der Waals surface area contributed by atoms with Crippen LogP contribution in [0.4, 0.5) is 0 Å². The van der Waals surface area contributed by atoms with E-state index in [1.165, 1.54) is 12.0 Å². The van der Waals surface area contributed by atoms with Gasteiger partial charge in [-0.05, 0) is 44.1 Å². The predicted molar refractivity (Wildman–Crippen MR) is 64.3 cm³/mol. The summed E-state index contributed by atoms with van der Waals surface area (Å²) >= 11 is 5.99. The van der Waals surface area contributed by atoms with Gasteiger partial charge in [-0.2, -0.15) is 0 Å². The molecule has 1 aromatic carbocycles. The second kappa shape index (κ2) is 4.97. The van der Waals surface area contributed by atoms with Crippen LogP contribution >= 0.6 is 11.6 Å². The summed E-state index contributed by atoms with van der Waals surface area (Å²) in [7, 11) is 2.03. The summed E-state index contributed by atoms with van der Waals surface area (Å²) in [6.45, 7) is 1.07. The molecule has 1 saturated heterocycles. The molecule has 2 rings (SSSR count). The summed E-state index contributed by atoms with van der Waals surface area (Å²) in [5, 5.41) is 7.69. The highest BCUT2D eigenvalue weighted by molar-refractivity contribution is 6.30. The van der Waals surface area contributed by atoms with Gasteiger partial charge in [0.1, 0.15) is 0 Å². The van der Waals surface area contributed by atoms with Crippen molar-refractivity contribution in [3.63, 3.8) is 0 Å². The first kappa shape index (κ1) is 10.9. The summed E-state index contributed by atoms with van der Waals surface area (Å²) in [4.78, 5) is 0. The molecule has 0 aromatic heterocycles. The average Bonchev–Trinajstić information content (AvgIpc) is 2.29. The van der Waals surface area contributed by atoms with Crippen LogP contribution in [0.15, 0.2) is 24.3 Å². The molecule has 1 aliphatic rings. The van der Waals surface area contributed by atoms with Crippen molar-refractivity contribution in [3.05, 3.63) is 34.9 Å². The first-order valence-electron chi connectivity index (χ1n) is 5.45. The molecular weight excluding hydrogens is 208 g/mol. The van der Waals surface area contributed by atoms with Crippen molar-refractivity contribution in [3.8, 4) is 0 Å². The van der Waals surface area contributed by atoms with Crippen LogP contribution in [0.25, 0.3) is 0 Å². The molecule has 82 valence electrons. The average molecular weight is 225 g/mol. The molecule has 1 heterocycles. The van der Waals surface area contributed by atoms with Gasteiger partial charge in [0.25, 0.3) is 0 Å². The van der Waals surface area contributed by atoms with E-state index in [-0.39, 0.29) is 0 Å². The van der Waals surface area contributed by atoms with Gasteiger partial charge in [-0.1, -0.05) is 23.7 Å². The number of piperidine rings is 1. The van der Waals surface area contributed by atoms with Gasteiger partial charge < -0.3 is 10.6 Å². The smallest absolute Gasteiger partial charge is 0.0409 e. The minimum absolute atomic E-state index is 0.440. The SMILES string of the molecule is CNC1CCNC(c2cccc(Cl)c2)C1. The molecule has 0 radical (unpaired) electrons. The van der Waals surface area contributed by atoms with Crippen LogP contribution in [0.5, 0.6) is 0 Å². The molecule has 2 unspecified atom stereocenters. The van der Waals surface area contributed by atoms with Gasteiger partial charge in [0, 0.05) is 17.1 Å². The predicted octanol–water partition coefficient (Wildman–Crippen LogP) is 2.35. The molecule has 3 heteroatoms. The Morgan fingerprint density at radius 2 is 2.33 bits per heavy atom. The molecule has 0 bridgehead atoms. The van der Waals surface area contributed by atoms with Crippen LogP contribution < -0.4 is 10.6 Å². The fraction of sp³-hybridized carbons (Fsp3) is 0.500. The van der Waals surface area contributed by atoms with Crippen molar-refractivity contribution in [1.29, 1.82) is 0 Å². The molecule has 0 amide bonds. The van der Waals surface area contributed by atoms with Gasteiger partial charge in [-0.25, -0.2) is 0 Å². The second-order valence-electron chi connectivity index (χ2n) is 4.07. The lowest BCUT2D eigenvalue weighted by molar-refractivity contribution is 0.337. The highest BCUT2D eigenvalue weighted by Gasteiger charge is 2.21. The van der Waals surface area contributed by atoms with Crippen LogP contribution in [0, 0.1) is 0 Å². The Labute approximate surface area is 96.0 Å². The zero-order chi connectivity index (χ0) is 10.7. The number of hydrogen-bond acceptors (Lipinski definition) is 2. The molecule has 2 atom stereocenters. The molecular formula is C12H17ClN2. The van der Waals surface area contributed by atoms with Crippen molar-refractivity contribution in [1.82, 2.24) is 10.6 Å². The van der Waals surface area contributed by atoms with Gasteiger partial charge >= 0.3 is 0 Å². The molecule has 1 aliphatic heterocycles. The fourth-order valence-corrected chi connectivity index (χ4v) is 2.36.